The van der Waals surface area contributed by atoms with Crippen LogP contribution >= 0.6 is 0 Å². The van der Waals surface area contributed by atoms with E-state index in [4.69, 9.17) is 0 Å². The monoisotopic (exact) mass is 273 g/mol. The van der Waals surface area contributed by atoms with Crippen LogP contribution < -0.4 is 10.6 Å². The van der Waals surface area contributed by atoms with Crippen molar-refractivity contribution in [1.82, 2.24) is 15.5 Å². The zero-order chi connectivity index (χ0) is 14.1. The molecule has 2 atom stereocenters. The Hall–Kier alpha value is -1.88. The van der Waals surface area contributed by atoms with Crippen molar-refractivity contribution in [2.45, 2.75) is 25.4 Å². The zero-order valence-electron chi connectivity index (χ0n) is 11.6. The molecule has 0 aliphatic carbocycles. The molecule has 0 aromatic heterocycles. The molecule has 5 nitrogen and oxygen atoms in total. The summed E-state index contributed by atoms with van der Waals surface area (Å²) >= 11 is 0. The third-order valence-corrected chi connectivity index (χ3v) is 4.17. The van der Waals surface area contributed by atoms with Crippen LogP contribution in [0.25, 0.3) is 0 Å². The second-order valence-electron chi connectivity index (χ2n) is 5.38. The Bertz CT molecular complexity index is 544. The van der Waals surface area contributed by atoms with E-state index in [-0.39, 0.29) is 23.8 Å². The SMILES string of the molecule is CC1C(=O)NCCN1C(=O)C1CNCc2ccccc21. The first-order valence-electron chi connectivity index (χ1n) is 7.05. The van der Waals surface area contributed by atoms with E-state index in [2.05, 4.69) is 10.6 Å². The van der Waals surface area contributed by atoms with E-state index < -0.39 is 0 Å². The summed E-state index contributed by atoms with van der Waals surface area (Å²) in [6.07, 6.45) is 0. The van der Waals surface area contributed by atoms with Crippen LogP contribution in [0.2, 0.25) is 0 Å². The lowest BCUT2D eigenvalue weighted by molar-refractivity contribution is -0.143. The lowest BCUT2D eigenvalue weighted by Crippen LogP contribution is -2.57. The second kappa shape index (κ2) is 5.25. The number of benzene rings is 1. The molecule has 1 fully saturated rings. The molecule has 2 N–H and O–H groups in total. The van der Waals surface area contributed by atoms with E-state index in [0.717, 1.165) is 12.1 Å². The highest BCUT2D eigenvalue weighted by Gasteiger charge is 2.35. The summed E-state index contributed by atoms with van der Waals surface area (Å²) in [7, 11) is 0. The van der Waals surface area contributed by atoms with Crippen molar-refractivity contribution in [1.29, 1.82) is 0 Å². The minimum Gasteiger partial charge on any atom is -0.353 e. The van der Waals surface area contributed by atoms with Crippen molar-refractivity contribution in [2.75, 3.05) is 19.6 Å². The Morgan fingerprint density at radius 2 is 2.15 bits per heavy atom. The Kier molecular flexibility index (Phi) is 3.44. The first-order valence-corrected chi connectivity index (χ1v) is 7.05. The van der Waals surface area contributed by atoms with Gasteiger partial charge in [0.25, 0.3) is 0 Å². The van der Waals surface area contributed by atoms with E-state index in [1.165, 1.54) is 5.56 Å². The molecule has 2 aliphatic rings. The maximum Gasteiger partial charge on any atom is 0.242 e. The molecular weight excluding hydrogens is 254 g/mol. The zero-order valence-corrected chi connectivity index (χ0v) is 11.6. The van der Waals surface area contributed by atoms with Crippen molar-refractivity contribution in [3.8, 4) is 0 Å². The van der Waals surface area contributed by atoms with Crippen LogP contribution in [0.15, 0.2) is 24.3 Å². The van der Waals surface area contributed by atoms with Gasteiger partial charge in [0.1, 0.15) is 6.04 Å². The van der Waals surface area contributed by atoms with E-state index in [1.807, 2.05) is 24.3 Å². The molecule has 5 heteroatoms. The molecule has 0 saturated carbocycles. The second-order valence-corrected chi connectivity index (χ2v) is 5.38. The van der Waals surface area contributed by atoms with Crippen LogP contribution in [-0.2, 0) is 16.1 Å². The fraction of sp³-hybridized carbons (Fsp3) is 0.467. The number of piperazine rings is 1. The molecule has 106 valence electrons. The van der Waals surface area contributed by atoms with Crippen molar-refractivity contribution in [3.63, 3.8) is 0 Å². The molecule has 0 bridgehead atoms. The Labute approximate surface area is 118 Å². The first kappa shape index (κ1) is 13.1. The molecule has 2 unspecified atom stereocenters. The van der Waals surface area contributed by atoms with Gasteiger partial charge in [-0.25, -0.2) is 0 Å². The highest BCUT2D eigenvalue weighted by atomic mass is 16.2. The standard InChI is InChI=1S/C15H19N3O2/c1-10-14(19)17-6-7-18(10)15(20)13-9-16-8-11-4-2-3-5-12(11)13/h2-5,10,13,16H,6-9H2,1H3,(H,17,19). The van der Waals surface area contributed by atoms with Crippen LogP contribution in [0.4, 0.5) is 0 Å². The van der Waals surface area contributed by atoms with Crippen molar-refractivity contribution < 1.29 is 9.59 Å². The minimum absolute atomic E-state index is 0.0481. The third-order valence-electron chi connectivity index (χ3n) is 4.17. The van der Waals surface area contributed by atoms with E-state index >= 15 is 0 Å². The van der Waals surface area contributed by atoms with Gasteiger partial charge in [0.2, 0.25) is 11.8 Å². The Morgan fingerprint density at radius 3 is 3.00 bits per heavy atom. The molecule has 20 heavy (non-hydrogen) atoms. The average Bonchev–Trinajstić information content (AvgIpc) is 2.49. The van der Waals surface area contributed by atoms with Gasteiger partial charge in [-0.15, -0.1) is 0 Å². The number of carbonyl (C=O) groups is 2. The normalized spacial score (nSPS) is 25.9. The van der Waals surface area contributed by atoms with Crippen LogP contribution in [-0.4, -0.2) is 42.4 Å². The molecule has 2 aliphatic heterocycles. The fourth-order valence-electron chi connectivity index (χ4n) is 3.00. The van der Waals surface area contributed by atoms with Gasteiger partial charge < -0.3 is 15.5 Å². The van der Waals surface area contributed by atoms with Crippen LogP contribution in [0.1, 0.15) is 24.0 Å². The Balaban J connectivity index is 1.86. The molecular formula is C15H19N3O2. The van der Waals surface area contributed by atoms with Crippen LogP contribution in [0, 0.1) is 0 Å². The summed E-state index contributed by atoms with van der Waals surface area (Å²) in [6, 6.07) is 7.65. The number of amides is 2. The molecule has 1 aromatic carbocycles. The smallest absolute Gasteiger partial charge is 0.242 e. The number of fused-ring (bicyclic) bond motifs is 1. The number of hydrogen-bond acceptors (Lipinski definition) is 3. The van der Waals surface area contributed by atoms with Gasteiger partial charge in [0, 0.05) is 26.2 Å². The number of rotatable bonds is 1. The predicted octanol–water partition coefficient (Wildman–Crippen LogP) is 0.220. The van der Waals surface area contributed by atoms with Gasteiger partial charge in [-0.2, -0.15) is 0 Å². The summed E-state index contributed by atoms with van der Waals surface area (Å²) < 4.78 is 0. The highest BCUT2D eigenvalue weighted by Crippen LogP contribution is 2.26. The number of nitrogens with zero attached hydrogens (tertiary/aromatic N) is 1. The number of carbonyl (C=O) groups excluding carboxylic acids is 2. The first-order chi connectivity index (χ1) is 9.68. The lowest BCUT2D eigenvalue weighted by Gasteiger charge is -2.37. The molecule has 0 radical (unpaired) electrons. The van der Waals surface area contributed by atoms with Crippen molar-refractivity contribution >= 4 is 11.8 Å². The molecule has 0 spiro atoms. The summed E-state index contributed by atoms with van der Waals surface area (Å²) in [5, 5.41) is 6.08. The van der Waals surface area contributed by atoms with Gasteiger partial charge in [-0.05, 0) is 18.1 Å². The van der Waals surface area contributed by atoms with E-state index in [0.29, 0.717) is 19.6 Å². The van der Waals surface area contributed by atoms with Crippen molar-refractivity contribution in [3.05, 3.63) is 35.4 Å². The van der Waals surface area contributed by atoms with Crippen LogP contribution in [0.5, 0.6) is 0 Å². The average molecular weight is 273 g/mol. The molecule has 1 aromatic rings. The molecule has 2 amide bonds. The topological polar surface area (TPSA) is 61.4 Å². The fourth-order valence-corrected chi connectivity index (χ4v) is 3.00. The quantitative estimate of drug-likeness (QED) is 0.769. The summed E-state index contributed by atoms with van der Waals surface area (Å²) in [4.78, 5) is 26.2. The Morgan fingerprint density at radius 1 is 1.35 bits per heavy atom. The number of nitrogens with one attached hydrogen (secondary N) is 2. The van der Waals surface area contributed by atoms with E-state index in [9.17, 15) is 9.59 Å². The lowest BCUT2D eigenvalue weighted by atomic mass is 9.89. The molecule has 1 saturated heterocycles. The minimum atomic E-state index is -0.384. The maximum atomic E-state index is 12.8. The maximum absolute atomic E-state index is 12.8. The van der Waals surface area contributed by atoms with Gasteiger partial charge in [0.15, 0.2) is 0 Å². The van der Waals surface area contributed by atoms with E-state index in [1.54, 1.807) is 11.8 Å². The predicted molar refractivity (Wildman–Crippen MR) is 75.1 cm³/mol. The van der Waals surface area contributed by atoms with Crippen molar-refractivity contribution in [2.24, 2.45) is 0 Å². The highest BCUT2D eigenvalue weighted by molar-refractivity contribution is 5.91. The largest absolute Gasteiger partial charge is 0.353 e. The van der Waals surface area contributed by atoms with Gasteiger partial charge >= 0.3 is 0 Å². The van der Waals surface area contributed by atoms with Gasteiger partial charge in [-0.1, -0.05) is 24.3 Å². The molecule has 3 rings (SSSR count). The van der Waals surface area contributed by atoms with Crippen LogP contribution in [0.3, 0.4) is 0 Å². The number of hydrogen-bond donors (Lipinski definition) is 2. The third kappa shape index (κ3) is 2.18. The summed E-state index contributed by atoms with van der Waals surface area (Å²) in [5.41, 5.74) is 2.26. The summed E-state index contributed by atoms with van der Waals surface area (Å²) in [6.45, 7) is 4.35. The van der Waals surface area contributed by atoms with Gasteiger partial charge in [0.05, 0.1) is 5.92 Å². The van der Waals surface area contributed by atoms with Gasteiger partial charge in [-0.3, -0.25) is 9.59 Å². The molecule has 2 heterocycles. The summed E-state index contributed by atoms with van der Waals surface area (Å²) in [5.74, 6) is -0.207.